The molecule has 2 fully saturated rings. The van der Waals surface area contributed by atoms with Crippen LogP contribution in [0, 0.1) is 11.8 Å². The lowest BCUT2D eigenvalue weighted by Gasteiger charge is -2.29. The second-order valence-electron chi connectivity index (χ2n) is 17.9. The molecule has 2 aliphatic rings. The van der Waals surface area contributed by atoms with Crippen LogP contribution in [0.25, 0.3) is 0 Å². The van der Waals surface area contributed by atoms with Crippen molar-refractivity contribution in [1.29, 1.82) is 0 Å². The molecule has 0 saturated heterocycles. The van der Waals surface area contributed by atoms with Crippen LogP contribution in [-0.2, 0) is 38.5 Å². The summed E-state index contributed by atoms with van der Waals surface area (Å²) in [5.41, 5.74) is 8.24. The van der Waals surface area contributed by atoms with Crippen molar-refractivity contribution < 1.29 is 4.74 Å². The van der Waals surface area contributed by atoms with Crippen molar-refractivity contribution >= 4 is 0 Å². The summed E-state index contributed by atoms with van der Waals surface area (Å²) in [5, 5.41) is 0. The smallest absolute Gasteiger partial charge is 0.131 e. The number of ether oxygens (including phenoxy) is 1. The topological polar surface area (TPSA) is 60.8 Å². The Morgan fingerprint density at radius 1 is 0.439 bits per heavy atom. The summed E-state index contributed by atoms with van der Waals surface area (Å²) in [5.74, 6) is 6.51. The van der Waals surface area contributed by atoms with Crippen LogP contribution < -0.4 is 4.74 Å². The molecule has 0 bridgehead atoms. The minimum absolute atomic E-state index is 0.481. The molecular weight excluding hydrogens is 697 g/mol. The van der Waals surface area contributed by atoms with Gasteiger partial charge in [0.2, 0.25) is 0 Å². The average molecular weight is 771 g/mol. The third kappa shape index (κ3) is 13.2. The molecule has 0 aliphatic heterocycles. The molecule has 2 aromatic carbocycles. The predicted octanol–water partition coefficient (Wildman–Crippen LogP) is 14.2. The zero-order valence-electron chi connectivity index (χ0n) is 36.3. The Bertz CT molecular complexity index is 1610. The molecule has 5 heteroatoms. The van der Waals surface area contributed by atoms with E-state index in [0.29, 0.717) is 23.7 Å². The lowest BCUT2D eigenvalue weighted by molar-refractivity contribution is 0.312. The first kappa shape index (κ1) is 43.0. The van der Waals surface area contributed by atoms with Gasteiger partial charge >= 0.3 is 0 Å². The number of unbranched alkanes of at least 4 members (excludes halogenated alkanes) is 6. The number of aryl methyl sites for hydroxylation is 4. The number of hydrogen-bond donors (Lipinski definition) is 0. The summed E-state index contributed by atoms with van der Waals surface area (Å²) in [6.07, 6.45) is 37.0. The van der Waals surface area contributed by atoms with Crippen LogP contribution in [-0.4, -0.2) is 19.9 Å². The largest absolute Gasteiger partial charge is 0.457 e. The van der Waals surface area contributed by atoms with E-state index in [1.165, 1.54) is 149 Å². The Morgan fingerprint density at radius 3 is 1.18 bits per heavy atom. The van der Waals surface area contributed by atoms with Gasteiger partial charge in [0.1, 0.15) is 23.1 Å². The van der Waals surface area contributed by atoms with E-state index >= 15 is 0 Å². The Kier molecular flexibility index (Phi) is 17.4. The van der Waals surface area contributed by atoms with E-state index < -0.39 is 0 Å². The van der Waals surface area contributed by atoms with E-state index in [4.69, 9.17) is 24.7 Å². The van der Waals surface area contributed by atoms with Crippen molar-refractivity contribution in [3.05, 3.63) is 106 Å². The van der Waals surface area contributed by atoms with Gasteiger partial charge in [0.15, 0.2) is 0 Å². The quantitative estimate of drug-likeness (QED) is 0.0745. The maximum atomic E-state index is 7.08. The zero-order valence-corrected chi connectivity index (χ0v) is 36.3. The van der Waals surface area contributed by atoms with Gasteiger partial charge in [-0.15, -0.1) is 0 Å². The highest BCUT2D eigenvalue weighted by Crippen LogP contribution is 2.41. The summed E-state index contributed by atoms with van der Waals surface area (Å²) in [6, 6.07) is 14.2. The van der Waals surface area contributed by atoms with Gasteiger partial charge in [-0.3, -0.25) is 0 Å². The first-order chi connectivity index (χ1) is 28.0. The fourth-order valence-corrected chi connectivity index (χ4v) is 9.41. The summed E-state index contributed by atoms with van der Waals surface area (Å²) in [6.45, 7) is 9.10. The van der Waals surface area contributed by atoms with E-state index in [0.717, 1.165) is 61.7 Å². The van der Waals surface area contributed by atoms with Crippen molar-refractivity contribution in [2.24, 2.45) is 11.8 Å². The van der Waals surface area contributed by atoms with Gasteiger partial charge in [-0.1, -0.05) is 90.5 Å². The first-order valence-electron chi connectivity index (χ1n) is 23.6. The monoisotopic (exact) mass is 771 g/mol. The van der Waals surface area contributed by atoms with Gasteiger partial charge in [0, 0.05) is 36.6 Å². The van der Waals surface area contributed by atoms with Crippen LogP contribution in [0.1, 0.15) is 200 Å². The average Bonchev–Trinajstić information content (AvgIpc) is 3.25. The zero-order chi connectivity index (χ0) is 39.7. The normalized spacial score (nSPS) is 19.8. The van der Waals surface area contributed by atoms with Gasteiger partial charge in [0.25, 0.3) is 0 Å². The van der Waals surface area contributed by atoms with Crippen LogP contribution in [0.3, 0.4) is 0 Å². The first-order valence-corrected chi connectivity index (χ1v) is 23.6. The number of aromatic nitrogens is 4. The summed E-state index contributed by atoms with van der Waals surface area (Å²) in [4.78, 5) is 19.4. The van der Waals surface area contributed by atoms with Gasteiger partial charge in [0.05, 0.1) is 0 Å². The van der Waals surface area contributed by atoms with Crippen molar-refractivity contribution in [2.45, 2.75) is 194 Å². The summed E-state index contributed by atoms with van der Waals surface area (Å²) >= 11 is 0. The highest BCUT2D eigenvalue weighted by Gasteiger charge is 2.27. The van der Waals surface area contributed by atoms with Crippen molar-refractivity contribution in [3.63, 3.8) is 0 Å². The van der Waals surface area contributed by atoms with E-state index in [9.17, 15) is 0 Å². The standard InChI is InChI=1S/C52H74N4O/c1-5-9-13-17-43-35-53-51(54-36-43)45-25-19-41(20-26-45)33-47-31-39(15-11-7-3)23-29-49(47)57-50-30-24-40(16-12-8-4)32-48(50)34-42-21-27-46(28-22-42)52-55-37-44(38-56-52)18-14-10-6-2/h23-24,29-32,35-38,41-42,45-46H,5-22,25-28,33-34H2,1-4H3/t41-,42-,45-,46-. The Labute approximate surface area is 346 Å². The van der Waals surface area contributed by atoms with E-state index in [1.54, 1.807) is 0 Å². The number of benzene rings is 2. The number of nitrogens with zero attached hydrogens (tertiary/aromatic N) is 4. The van der Waals surface area contributed by atoms with E-state index in [-0.39, 0.29) is 0 Å². The van der Waals surface area contributed by atoms with Crippen molar-refractivity contribution in [2.75, 3.05) is 0 Å². The van der Waals surface area contributed by atoms with Crippen molar-refractivity contribution in [3.8, 4) is 11.5 Å². The molecule has 2 aromatic heterocycles. The van der Waals surface area contributed by atoms with Gasteiger partial charge in [-0.2, -0.15) is 0 Å². The number of rotatable bonds is 22. The Balaban J connectivity index is 1.11. The molecule has 6 rings (SSSR count). The molecule has 308 valence electrons. The molecule has 0 radical (unpaired) electrons. The predicted molar refractivity (Wildman–Crippen MR) is 238 cm³/mol. The fourth-order valence-electron chi connectivity index (χ4n) is 9.41. The molecule has 5 nitrogen and oxygen atoms in total. The third-order valence-corrected chi connectivity index (χ3v) is 13.1. The minimum Gasteiger partial charge on any atom is -0.457 e. The Hall–Kier alpha value is -3.60. The van der Waals surface area contributed by atoms with Gasteiger partial charge in [-0.05, 0) is 173 Å². The van der Waals surface area contributed by atoms with Crippen molar-refractivity contribution in [1.82, 2.24) is 19.9 Å². The van der Waals surface area contributed by atoms with Crippen LogP contribution in [0.5, 0.6) is 11.5 Å². The second-order valence-corrected chi connectivity index (χ2v) is 17.9. The third-order valence-electron chi connectivity index (χ3n) is 13.1. The molecule has 0 spiro atoms. The maximum Gasteiger partial charge on any atom is 0.131 e. The Morgan fingerprint density at radius 2 is 0.807 bits per heavy atom. The fraction of sp³-hybridized carbons (Fsp3) is 0.615. The highest BCUT2D eigenvalue weighted by molar-refractivity contribution is 5.45. The highest BCUT2D eigenvalue weighted by atomic mass is 16.5. The van der Waals surface area contributed by atoms with Crippen LogP contribution >= 0.6 is 0 Å². The van der Waals surface area contributed by atoms with Crippen LogP contribution in [0.2, 0.25) is 0 Å². The van der Waals surface area contributed by atoms with Gasteiger partial charge in [-0.25, -0.2) is 19.9 Å². The SMILES string of the molecule is CCCCCc1cnc([C@H]2CC[C@H](Cc3cc(CCCC)ccc3Oc3ccc(CCCC)cc3C[C@H]3CC[C@H](c4ncc(CCCCC)cn4)CC3)CC2)nc1. The molecule has 4 aromatic rings. The molecule has 0 atom stereocenters. The van der Waals surface area contributed by atoms with Gasteiger partial charge < -0.3 is 4.74 Å². The molecule has 0 unspecified atom stereocenters. The molecular formula is C52H74N4O. The summed E-state index contributed by atoms with van der Waals surface area (Å²) in [7, 11) is 0. The van der Waals surface area contributed by atoms with Crippen LogP contribution in [0.15, 0.2) is 61.2 Å². The van der Waals surface area contributed by atoms with Crippen LogP contribution in [0.4, 0.5) is 0 Å². The molecule has 0 N–H and O–H groups in total. The summed E-state index contributed by atoms with van der Waals surface area (Å²) < 4.78 is 7.08. The lowest BCUT2D eigenvalue weighted by atomic mass is 9.78. The molecule has 2 aliphatic carbocycles. The molecule has 57 heavy (non-hydrogen) atoms. The molecule has 2 saturated carbocycles. The minimum atomic E-state index is 0.481. The lowest BCUT2D eigenvalue weighted by Crippen LogP contribution is -2.18. The molecule has 0 amide bonds. The van der Waals surface area contributed by atoms with E-state index in [2.05, 4.69) is 88.9 Å². The maximum absolute atomic E-state index is 7.08. The molecule has 2 heterocycles. The van der Waals surface area contributed by atoms with E-state index in [1.807, 2.05) is 0 Å². The second kappa shape index (κ2) is 23.1. The number of hydrogen-bond acceptors (Lipinski definition) is 5.